The summed E-state index contributed by atoms with van der Waals surface area (Å²) < 4.78 is 4.63. The molecule has 6 nitrogen and oxygen atoms in total. The minimum Gasteiger partial charge on any atom is -0.465 e. The number of carbonyl (C=O) groups is 1. The van der Waals surface area contributed by atoms with Crippen LogP contribution in [0.3, 0.4) is 0 Å². The molecule has 0 radical (unpaired) electrons. The number of anilines is 1. The largest absolute Gasteiger partial charge is 0.465 e. The molecule has 0 aliphatic carbocycles. The number of hydrogen-bond acceptors (Lipinski definition) is 6. The molecule has 19 heavy (non-hydrogen) atoms. The van der Waals surface area contributed by atoms with Gasteiger partial charge in [0, 0.05) is 37.6 Å². The zero-order valence-corrected chi connectivity index (χ0v) is 11.8. The second kappa shape index (κ2) is 5.52. The van der Waals surface area contributed by atoms with Crippen LogP contribution in [-0.2, 0) is 4.74 Å². The van der Waals surface area contributed by atoms with E-state index in [-0.39, 0.29) is 0 Å². The lowest BCUT2D eigenvalue weighted by Gasteiger charge is -2.42. The highest BCUT2D eigenvalue weighted by Crippen LogP contribution is 2.17. The molecule has 1 aliphatic rings. The van der Waals surface area contributed by atoms with Crippen LogP contribution >= 0.6 is 0 Å². The Hall–Kier alpha value is -1.69. The van der Waals surface area contributed by atoms with Crippen molar-refractivity contribution in [2.24, 2.45) is 0 Å². The lowest BCUT2D eigenvalue weighted by atomic mass is 10.1. The van der Waals surface area contributed by atoms with Crippen LogP contribution in [0.4, 0.5) is 5.95 Å². The summed E-state index contributed by atoms with van der Waals surface area (Å²) in [7, 11) is 3.48. The third-order valence-corrected chi connectivity index (χ3v) is 3.70. The number of methoxy groups -OCH3 is 1. The van der Waals surface area contributed by atoms with Gasteiger partial charge in [-0.05, 0) is 20.9 Å². The second-order valence-corrected chi connectivity index (χ2v) is 5.03. The average molecular weight is 264 g/mol. The Morgan fingerprint density at radius 2 is 1.79 bits per heavy atom. The van der Waals surface area contributed by atoms with Crippen LogP contribution in [0, 0.1) is 0 Å². The maximum atomic E-state index is 11.3. The van der Waals surface area contributed by atoms with Gasteiger partial charge in [0.25, 0.3) is 0 Å². The number of nitrogens with zero attached hydrogens (tertiary/aromatic N) is 4. The number of piperazine rings is 1. The number of rotatable bonds is 2. The van der Waals surface area contributed by atoms with Crippen LogP contribution < -0.4 is 4.90 Å². The van der Waals surface area contributed by atoms with Crippen molar-refractivity contribution >= 4 is 11.9 Å². The van der Waals surface area contributed by atoms with E-state index >= 15 is 0 Å². The van der Waals surface area contributed by atoms with Crippen LogP contribution in [0.5, 0.6) is 0 Å². The maximum Gasteiger partial charge on any atom is 0.341 e. The van der Waals surface area contributed by atoms with Gasteiger partial charge in [-0.2, -0.15) is 0 Å². The van der Waals surface area contributed by atoms with Gasteiger partial charge in [-0.3, -0.25) is 4.90 Å². The van der Waals surface area contributed by atoms with Gasteiger partial charge in [-0.1, -0.05) is 0 Å². The molecule has 0 saturated carbocycles. The Balaban J connectivity index is 2.12. The van der Waals surface area contributed by atoms with Crippen molar-refractivity contribution in [3.05, 3.63) is 18.0 Å². The lowest BCUT2D eigenvalue weighted by molar-refractivity contribution is 0.0599. The molecule has 2 rings (SSSR count). The van der Waals surface area contributed by atoms with Gasteiger partial charge in [0.2, 0.25) is 5.95 Å². The molecular formula is C13H20N4O2. The van der Waals surface area contributed by atoms with Crippen LogP contribution in [0.2, 0.25) is 0 Å². The van der Waals surface area contributed by atoms with Gasteiger partial charge in [0.1, 0.15) is 0 Å². The number of esters is 1. The first-order valence-corrected chi connectivity index (χ1v) is 6.40. The summed E-state index contributed by atoms with van der Waals surface area (Å²) >= 11 is 0. The molecule has 0 N–H and O–H groups in total. The summed E-state index contributed by atoms with van der Waals surface area (Å²) in [6, 6.07) is 0.903. The molecule has 0 unspecified atom stereocenters. The molecule has 2 atom stereocenters. The highest BCUT2D eigenvalue weighted by Gasteiger charge is 2.27. The molecule has 1 fully saturated rings. The second-order valence-electron chi connectivity index (χ2n) is 5.03. The highest BCUT2D eigenvalue weighted by molar-refractivity contribution is 5.88. The predicted octanol–water partition coefficient (Wildman–Crippen LogP) is 0.792. The molecule has 0 amide bonds. The Kier molecular flexibility index (Phi) is 3.99. The van der Waals surface area contributed by atoms with Crippen LogP contribution in [-0.4, -0.2) is 60.2 Å². The van der Waals surface area contributed by atoms with Gasteiger partial charge in [-0.15, -0.1) is 0 Å². The number of ether oxygens (including phenoxy) is 1. The van der Waals surface area contributed by atoms with Gasteiger partial charge in [0.05, 0.1) is 12.7 Å². The van der Waals surface area contributed by atoms with Crippen molar-refractivity contribution in [1.82, 2.24) is 14.9 Å². The van der Waals surface area contributed by atoms with Gasteiger partial charge in [0.15, 0.2) is 0 Å². The molecule has 0 bridgehead atoms. The molecule has 1 aliphatic heterocycles. The normalized spacial score (nSPS) is 24.3. The molecule has 2 heterocycles. The Morgan fingerprint density at radius 1 is 1.26 bits per heavy atom. The van der Waals surface area contributed by atoms with E-state index in [1.807, 2.05) is 0 Å². The summed E-state index contributed by atoms with van der Waals surface area (Å²) in [5.74, 6) is 0.256. The Labute approximate surface area is 113 Å². The van der Waals surface area contributed by atoms with Gasteiger partial charge in [-0.25, -0.2) is 14.8 Å². The third-order valence-electron chi connectivity index (χ3n) is 3.70. The molecule has 1 saturated heterocycles. The number of aromatic nitrogens is 2. The topological polar surface area (TPSA) is 58.6 Å². The number of hydrogen-bond donors (Lipinski definition) is 0. The molecule has 0 spiro atoms. The van der Waals surface area contributed by atoms with Crippen LogP contribution in [0.15, 0.2) is 12.4 Å². The van der Waals surface area contributed by atoms with E-state index in [0.717, 1.165) is 13.1 Å². The van der Waals surface area contributed by atoms with Crippen molar-refractivity contribution in [1.29, 1.82) is 0 Å². The maximum absolute atomic E-state index is 11.3. The van der Waals surface area contributed by atoms with E-state index in [1.165, 1.54) is 19.5 Å². The van der Waals surface area contributed by atoms with Crippen molar-refractivity contribution in [2.75, 3.05) is 32.1 Å². The van der Waals surface area contributed by atoms with E-state index in [1.54, 1.807) is 0 Å². The van der Waals surface area contributed by atoms with E-state index < -0.39 is 5.97 Å². The quantitative estimate of drug-likeness (QED) is 0.736. The molecule has 0 aromatic carbocycles. The summed E-state index contributed by atoms with van der Waals surface area (Å²) in [6.07, 6.45) is 3.03. The fourth-order valence-electron chi connectivity index (χ4n) is 2.28. The summed E-state index contributed by atoms with van der Waals surface area (Å²) in [6.45, 7) is 6.15. The fourth-order valence-corrected chi connectivity index (χ4v) is 2.28. The van der Waals surface area contributed by atoms with Gasteiger partial charge < -0.3 is 9.64 Å². The van der Waals surface area contributed by atoms with E-state index in [4.69, 9.17) is 0 Å². The summed E-state index contributed by atoms with van der Waals surface area (Å²) in [4.78, 5) is 24.3. The molecule has 1 aromatic heterocycles. The standard InChI is InChI=1S/C13H20N4O2/c1-9-7-17(8-10(2)16(9)3)13-14-5-11(6-15-13)12(18)19-4/h5-6,9-10H,7-8H2,1-4H3/t9-,10+. The summed E-state index contributed by atoms with van der Waals surface area (Å²) in [5, 5.41) is 0. The Morgan fingerprint density at radius 3 is 2.26 bits per heavy atom. The van der Waals surface area contributed by atoms with Gasteiger partial charge >= 0.3 is 5.97 Å². The first-order valence-electron chi connectivity index (χ1n) is 6.40. The number of likely N-dealkylation sites (N-methyl/N-ethyl adjacent to an activating group) is 1. The van der Waals surface area contributed by atoms with E-state index in [0.29, 0.717) is 23.6 Å². The third kappa shape index (κ3) is 2.84. The first kappa shape index (κ1) is 13.7. The first-order chi connectivity index (χ1) is 9.02. The minimum absolute atomic E-state index is 0.376. The van der Waals surface area contributed by atoms with E-state index in [2.05, 4.69) is 45.4 Å². The zero-order valence-electron chi connectivity index (χ0n) is 11.8. The molecule has 1 aromatic rings. The molecule has 6 heteroatoms. The van der Waals surface area contributed by atoms with Crippen LogP contribution in [0.1, 0.15) is 24.2 Å². The smallest absolute Gasteiger partial charge is 0.341 e. The zero-order chi connectivity index (χ0) is 14.0. The number of carbonyl (C=O) groups excluding carboxylic acids is 1. The summed E-state index contributed by atoms with van der Waals surface area (Å²) in [5.41, 5.74) is 0.376. The fraction of sp³-hybridized carbons (Fsp3) is 0.615. The van der Waals surface area contributed by atoms with Crippen molar-refractivity contribution in [3.8, 4) is 0 Å². The van der Waals surface area contributed by atoms with Crippen molar-refractivity contribution in [2.45, 2.75) is 25.9 Å². The van der Waals surface area contributed by atoms with Crippen molar-refractivity contribution < 1.29 is 9.53 Å². The minimum atomic E-state index is -0.410. The predicted molar refractivity (Wildman–Crippen MR) is 72.3 cm³/mol. The highest BCUT2D eigenvalue weighted by atomic mass is 16.5. The van der Waals surface area contributed by atoms with Crippen LogP contribution in [0.25, 0.3) is 0 Å². The average Bonchev–Trinajstić information content (AvgIpc) is 2.43. The lowest BCUT2D eigenvalue weighted by Crippen LogP contribution is -2.55. The van der Waals surface area contributed by atoms with Crippen molar-refractivity contribution in [3.63, 3.8) is 0 Å². The Bertz CT molecular complexity index is 436. The van der Waals surface area contributed by atoms with E-state index in [9.17, 15) is 4.79 Å². The molecular weight excluding hydrogens is 244 g/mol. The molecule has 104 valence electrons. The monoisotopic (exact) mass is 264 g/mol. The SMILES string of the molecule is COC(=O)c1cnc(N2C[C@@H](C)N(C)[C@@H](C)C2)nc1.